The summed E-state index contributed by atoms with van der Waals surface area (Å²) in [7, 11) is 1.57. The molecule has 4 nitrogen and oxygen atoms in total. The molecule has 0 bridgehead atoms. The van der Waals surface area contributed by atoms with Gasteiger partial charge in [0.15, 0.2) is 11.5 Å². The van der Waals surface area contributed by atoms with Crippen molar-refractivity contribution < 1.29 is 14.2 Å². The predicted octanol–water partition coefficient (Wildman–Crippen LogP) is 3.57. The second-order valence-electron chi connectivity index (χ2n) is 4.82. The molecule has 0 aliphatic carbocycles. The molecule has 0 aliphatic rings. The Morgan fingerprint density at radius 1 is 1.05 bits per heavy atom. The lowest BCUT2D eigenvalue weighted by atomic mass is 10.2. The summed E-state index contributed by atoms with van der Waals surface area (Å²) in [6.45, 7) is 3.21. The summed E-state index contributed by atoms with van der Waals surface area (Å²) < 4.78 is 16.6. The van der Waals surface area contributed by atoms with Crippen LogP contribution in [0.4, 0.5) is 0 Å². The monoisotopic (exact) mass is 321 g/mol. The van der Waals surface area contributed by atoms with Gasteiger partial charge in [-0.15, -0.1) is 0 Å². The molecule has 22 heavy (non-hydrogen) atoms. The summed E-state index contributed by atoms with van der Waals surface area (Å²) in [5.74, 6) is 1.89. The molecule has 0 radical (unpaired) electrons. The van der Waals surface area contributed by atoms with Gasteiger partial charge in [0.2, 0.25) is 0 Å². The van der Waals surface area contributed by atoms with Gasteiger partial charge < -0.3 is 19.9 Å². The fourth-order valence-corrected chi connectivity index (χ4v) is 2.26. The van der Waals surface area contributed by atoms with Crippen molar-refractivity contribution in [3.63, 3.8) is 0 Å². The molecule has 0 saturated carbocycles. The van der Waals surface area contributed by atoms with Gasteiger partial charge >= 0.3 is 0 Å². The van der Waals surface area contributed by atoms with Crippen LogP contribution in [0.25, 0.3) is 0 Å². The molecule has 5 heteroatoms. The average Bonchev–Trinajstić information content (AvgIpc) is 2.53. The lowest BCUT2D eigenvalue weighted by Gasteiger charge is -2.14. The van der Waals surface area contributed by atoms with Crippen LogP contribution in [0.2, 0.25) is 5.02 Å². The number of hydrogen-bond donors (Lipinski definition) is 1. The van der Waals surface area contributed by atoms with E-state index in [0.29, 0.717) is 36.3 Å². The first kappa shape index (κ1) is 16.5. The molecule has 0 unspecified atom stereocenters. The highest BCUT2D eigenvalue weighted by Crippen LogP contribution is 2.36. The largest absolute Gasteiger partial charge is 0.493 e. The number of benzene rings is 2. The van der Waals surface area contributed by atoms with Gasteiger partial charge in [-0.1, -0.05) is 29.3 Å². The van der Waals surface area contributed by atoms with Crippen molar-refractivity contribution in [1.29, 1.82) is 0 Å². The molecule has 0 atom stereocenters. The van der Waals surface area contributed by atoms with Gasteiger partial charge in [0.25, 0.3) is 0 Å². The van der Waals surface area contributed by atoms with Crippen LogP contribution in [0.5, 0.6) is 17.2 Å². The first-order valence-corrected chi connectivity index (χ1v) is 7.40. The third-order valence-electron chi connectivity index (χ3n) is 3.14. The molecule has 2 aromatic rings. The summed E-state index contributed by atoms with van der Waals surface area (Å²) >= 11 is 6.20. The second kappa shape index (κ2) is 7.92. The van der Waals surface area contributed by atoms with Gasteiger partial charge in [0.05, 0.1) is 12.1 Å². The Kier molecular flexibility index (Phi) is 5.92. The average molecular weight is 322 g/mol. The van der Waals surface area contributed by atoms with E-state index in [4.69, 9.17) is 31.5 Å². The fraction of sp³-hybridized carbons (Fsp3) is 0.294. The molecule has 0 saturated heterocycles. The topological polar surface area (TPSA) is 53.7 Å². The normalized spacial score (nSPS) is 10.4. The number of hydrogen-bond acceptors (Lipinski definition) is 4. The lowest BCUT2D eigenvalue weighted by Crippen LogP contribution is -2.10. The zero-order valence-corrected chi connectivity index (χ0v) is 13.5. The summed E-state index contributed by atoms with van der Waals surface area (Å²) in [5, 5.41) is 0.482. The van der Waals surface area contributed by atoms with Gasteiger partial charge in [-0.05, 0) is 36.8 Å². The van der Waals surface area contributed by atoms with Gasteiger partial charge in [0, 0.05) is 6.54 Å². The minimum Gasteiger partial charge on any atom is -0.493 e. The smallest absolute Gasteiger partial charge is 0.179 e. The van der Waals surface area contributed by atoms with Crippen LogP contribution in [0.3, 0.4) is 0 Å². The van der Waals surface area contributed by atoms with Crippen molar-refractivity contribution in [3.8, 4) is 17.2 Å². The highest BCUT2D eigenvalue weighted by molar-refractivity contribution is 6.32. The van der Waals surface area contributed by atoms with E-state index in [2.05, 4.69) is 0 Å². The van der Waals surface area contributed by atoms with Crippen molar-refractivity contribution in [3.05, 3.63) is 52.5 Å². The van der Waals surface area contributed by atoms with E-state index in [9.17, 15) is 0 Å². The zero-order valence-electron chi connectivity index (χ0n) is 12.8. The summed E-state index contributed by atoms with van der Waals surface area (Å²) in [6, 6.07) is 11.5. The molecule has 118 valence electrons. The third-order valence-corrected chi connectivity index (χ3v) is 3.43. The standard InChI is InChI=1S/C17H20ClNO3/c1-12-3-5-14(6-4-12)21-7-8-22-17-15(18)9-13(11-19)10-16(17)20-2/h3-6,9-10H,7-8,11,19H2,1-2H3. The Bertz CT molecular complexity index is 614. The molecular formula is C17H20ClNO3. The predicted molar refractivity (Wildman–Crippen MR) is 88.1 cm³/mol. The van der Waals surface area contributed by atoms with Crippen LogP contribution in [-0.2, 0) is 6.54 Å². The Labute approximate surface area is 135 Å². The van der Waals surface area contributed by atoms with E-state index in [1.807, 2.05) is 37.3 Å². The molecule has 2 aromatic carbocycles. The molecule has 0 aliphatic heterocycles. The maximum absolute atomic E-state index is 6.20. The van der Waals surface area contributed by atoms with Crippen LogP contribution in [0.1, 0.15) is 11.1 Å². The number of rotatable bonds is 7. The molecule has 0 fully saturated rings. The molecule has 0 heterocycles. The van der Waals surface area contributed by atoms with Crippen molar-refractivity contribution >= 4 is 11.6 Å². The van der Waals surface area contributed by atoms with E-state index in [1.165, 1.54) is 5.56 Å². The summed E-state index contributed by atoms with van der Waals surface area (Å²) in [6.07, 6.45) is 0. The number of ether oxygens (including phenoxy) is 3. The number of nitrogens with two attached hydrogens (primary N) is 1. The SMILES string of the molecule is COc1cc(CN)cc(Cl)c1OCCOc1ccc(C)cc1. The highest BCUT2D eigenvalue weighted by atomic mass is 35.5. The van der Waals surface area contributed by atoms with E-state index < -0.39 is 0 Å². The Morgan fingerprint density at radius 2 is 1.73 bits per heavy atom. The van der Waals surface area contributed by atoms with E-state index in [-0.39, 0.29) is 0 Å². The molecule has 0 aromatic heterocycles. The number of aryl methyl sites for hydroxylation is 1. The van der Waals surface area contributed by atoms with Crippen molar-refractivity contribution in [1.82, 2.24) is 0 Å². The Balaban J connectivity index is 1.92. The maximum Gasteiger partial charge on any atom is 0.179 e. The molecule has 0 amide bonds. The minimum absolute atomic E-state index is 0.367. The van der Waals surface area contributed by atoms with Gasteiger partial charge in [0.1, 0.15) is 19.0 Å². The van der Waals surface area contributed by atoms with Crippen LogP contribution in [0, 0.1) is 6.92 Å². The lowest BCUT2D eigenvalue weighted by molar-refractivity contribution is 0.211. The van der Waals surface area contributed by atoms with Gasteiger partial charge in [-0.3, -0.25) is 0 Å². The van der Waals surface area contributed by atoms with E-state index in [0.717, 1.165) is 11.3 Å². The summed E-state index contributed by atoms with van der Waals surface area (Å²) in [5.41, 5.74) is 7.70. The quantitative estimate of drug-likeness (QED) is 0.792. The van der Waals surface area contributed by atoms with Crippen molar-refractivity contribution in [2.24, 2.45) is 5.73 Å². The highest BCUT2D eigenvalue weighted by Gasteiger charge is 2.11. The minimum atomic E-state index is 0.367. The van der Waals surface area contributed by atoms with Crippen LogP contribution in [-0.4, -0.2) is 20.3 Å². The van der Waals surface area contributed by atoms with Gasteiger partial charge in [-0.25, -0.2) is 0 Å². The first-order chi connectivity index (χ1) is 10.6. The van der Waals surface area contributed by atoms with E-state index >= 15 is 0 Å². The fourth-order valence-electron chi connectivity index (χ4n) is 1.97. The Hall–Kier alpha value is -1.91. The number of methoxy groups -OCH3 is 1. The van der Waals surface area contributed by atoms with E-state index in [1.54, 1.807) is 13.2 Å². The molecule has 0 spiro atoms. The van der Waals surface area contributed by atoms with Crippen LogP contribution >= 0.6 is 11.6 Å². The molecule has 2 rings (SSSR count). The maximum atomic E-state index is 6.20. The van der Waals surface area contributed by atoms with Gasteiger partial charge in [-0.2, -0.15) is 0 Å². The van der Waals surface area contributed by atoms with Crippen molar-refractivity contribution in [2.45, 2.75) is 13.5 Å². The Morgan fingerprint density at radius 3 is 2.36 bits per heavy atom. The zero-order chi connectivity index (χ0) is 15.9. The van der Waals surface area contributed by atoms with Crippen LogP contribution < -0.4 is 19.9 Å². The number of halogens is 1. The third kappa shape index (κ3) is 4.29. The molecule has 2 N–H and O–H groups in total. The summed E-state index contributed by atoms with van der Waals surface area (Å²) in [4.78, 5) is 0. The molecular weight excluding hydrogens is 302 g/mol. The van der Waals surface area contributed by atoms with Crippen molar-refractivity contribution in [2.75, 3.05) is 20.3 Å². The first-order valence-electron chi connectivity index (χ1n) is 7.02. The second-order valence-corrected chi connectivity index (χ2v) is 5.23. The van der Waals surface area contributed by atoms with Crippen LogP contribution in [0.15, 0.2) is 36.4 Å².